The third-order valence-corrected chi connectivity index (χ3v) is 3.62. The van der Waals surface area contributed by atoms with Gasteiger partial charge in [-0.1, -0.05) is 17.7 Å². The number of nitrogens with zero attached hydrogens (tertiary/aromatic N) is 2. The van der Waals surface area contributed by atoms with Crippen molar-refractivity contribution in [3.05, 3.63) is 45.9 Å². The standard InChI is InChI=1S/C14H14N2O3S/c1-9-3-5-11(6-4-9)16(8-13(17)18)14(19)12-7-15-10(2)20-12/h3-7H,8H2,1-2H3,(H,17,18). The fraction of sp³-hybridized carbons (Fsp3) is 0.214. The van der Waals surface area contributed by atoms with Crippen LogP contribution in [0.5, 0.6) is 0 Å². The van der Waals surface area contributed by atoms with E-state index >= 15 is 0 Å². The smallest absolute Gasteiger partial charge is 0.323 e. The molecule has 2 aromatic rings. The van der Waals surface area contributed by atoms with E-state index < -0.39 is 5.97 Å². The summed E-state index contributed by atoms with van der Waals surface area (Å²) in [6.45, 7) is 3.35. The molecule has 1 aromatic carbocycles. The molecule has 20 heavy (non-hydrogen) atoms. The van der Waals surface area contributed by atoms with E-state index in [4.69, 9.17) is 5.11 Å². The zero-order valence-electron chi connectivity index (χ0n) is 11.2. The molecule has 0 aliphatic heterocycles. The number of carboxylic acid groups (broad SMARTS) is 1. The number of carboxylic acids is 1. The molecule has 104 valence electrons. The molecule has 1 N–H and O–H groups in total. The molecule has 0 saturated carbocycles. The normalized spacial score (nSPS) is 10.3. The van der Waals surface area contributed by atoms with Crippen LogP contribution >= 0.6 is 11.3 Å². The Labute approximate surface area is 120 Å². The summed E-state index contributed by atoms with van der Waals surface area (Å²) in [6.07, 6.45) is 1.48. The maximum Gasteiger partial charge on any atom is 0.323 e. The van der Waals surface area contributed by atoms with Crippen LogP contribution in [0.1, 0.15) is 20.2 Å². The van der Waals surface area contributed by atoms with Crippen LogP contribution in [0.2, 0.25) is 0 Å². The Balaban J connectivity index is 2.34. The van der Waals surface area contributed by atoms with Gasteiger partial charge in [-0.05, 0) is 26.0 Å². The average Bonchev–Trinajstić information content (AvgIpc) is 2.83. The molecule has 1 amide bonds. The number of anilines is 1. The fourth-order valence-corrected chi connectivity index (χ4v) is 2.46. The molecule has 0 saturated heterocycles. The van der Waals surface area contributed by atoms with Gasteiger partial charge in [-0.2, -0.15) is 0 Å². The van der Waals surface area contributed by atoms with E-state index in [1.165, 1.54) is 22.4 Å². The van der Waals surface area contributed by atoms with Crippen LogP contribution in [0.15, 0.2) is 30.5 Å². The third-order valence-electron chi connectivity index (χ3n) is 2.72. The van der Waals surface area contributed by atoms with Crippen LogP contribution in [0.3, 0.4) is 0 Å². The lowest BCUT2D eigenvalue weighted by atomic mass is 10.2. The van der Waals surface area contributed by atoms with E-state index in [-0.39, 0.29) is 12.5 Å². The van der Waals surface area contributed by atoms with Crippen LogP contribution in [0.4, 0.5) is 5.69 Å². The van der Waals surface area contributed by atoms with Gasteiger partial charge in [0.1, 0.15) is 11.4 Å². The highest BCUT2D eigenvalue weighted by molar-refractivity contribution is 7.13. The van der Waals surface area contributed by atoms with Gasteiger partial charge in [-0.25, -0.2) is 4.98 Å². The molecule has 0 fully saturated rings. The molecule has 0 bridgehead atoms. The van der Waals surface area contributed by atoms with Gasteiger partial charge in [0.2, 0.25) is 0 Å². The largest absolute Gasteiger partial charge is 0.480 e. The number of hydrogen-bond acceptors (Lipinski definition) is 4. The van der Waals surface area contributed by atoms with Crippen molar-refractivity contribution in [3.8, 4) is 0 Å². The van der Waals surface area contributed by atoms with E-state index in [1.807, 2.05) is 19.1 Å². The number of thiazole rings is 1. The van der Waals surface area contributed by atoms with Gasteiger partial charge in [-0.15, -0.1) is 11.3 Å². The number of amides is 1. The topological polar surface area (TPSA) is 70.5 Å². The third kappa shape index (κ3) is 3.21. The van der Waals surface area contributed by atoms with E-state index in [9.17, 15) is 9.59 Å². The predicted molar refractivity (Wildman–Crippen MR) is 77.3 cm³/mol. The first kappa shape index (κ1) is 14.2. The van der Waals surface area contributed by atoms with E-state index in [0.717, 1.165) is 10.6 Å². The summed E-state index contributed by atoms with van der Waals surface area (Å²) >= 11 is 1.25. The number of aromatic nitrogens is 1. The number of aryl methyl sites for hydroxylation is 2. The molecule has 0 aliphatic rings. The molecule has 0 aliphatic carbocycles. The van der Waals surface area contributed by atoms with Crippen molar-refractivity contribution in [1.29, 1.82) is 0 Å². The van der Waals surface area contributed by atoms with Gasteiger partial charge in [0.05, 0.1) is 11.2 Å². The van der Waals surface area contributed by atoms with Crippen molar-refractivity contribution in [3.63, 3.8) is 0 Å². The van der Waals surface area contributed by atoms with Crippen LogP contribution in [-0.2, 0) is 4.79 Å². The molecule has 1 aromatic heterocycles. The second-order valence-corrected chi connectivity index (χ2v) is 5.60. The Hall–Kier alpha value is -2.21. The highest BCUT2D eigenvalue weighted by Crippen LogP contribution is 2.20. The van der Waals surface area contributed by atoms with Crippen LogP contribution < -0.4 is 4.90 Å². The van der Waals surface area contributed by atoms with Gasteiger partial charge in [-0.3, -0.25) is 14.5 Å². The predicted octanol–water partition coefficient (Wildman–Crippen LogP) is 2.49. The minimum absolute atomic E-state index is 0.346. The van der Waals surface area contributed by atoms with E-state index in [1.54, 1.807) is 19.1 Å². The Morgan fingerprint density at radius 3 is 2.40 bits per heavy atom. The fourth-order valence-electron chi connectivity index (χ4n) is 1.73. The van der Waals surface area contributed by atoms with Crippen LogP contribution in [0.25, 0.3) is 0 Å². The molecule has 2 rings (SSSR count). The number of aliphatic carboxylic acids is 1. The summed E-state index contributed by atoms with van der Waals surface area (Å²) in [5, 5.41) is 9.77. The molecule has 5 nitrogen and oxygen atoms in total. The molecular formula is C14H14N2O3S. The van der Waals surface area contributed by atoms with Gasteiger partial charge in [0.15, 0.2) is 0 Å². The molecule has 0 atom stereocenters. The maximum absolute atomic E-state index is 12.4. The molecule has 6 heteroatoms. The lowest BCUT2D eigenvalue weighted by Gasteiger charge is -2.20. The molecule has 1 heterocycles. The van der Waals surface area contributed by atoms with Crippen molar-refractivity contribution in [2.24, 2.45) is 0 Å². The molecular weight excluding hydrogens is 276 g/mol. The number of rotatable bonds is 4. The second kappa shape index (κ2) is 5.83. The SMILES string of the molecule is Cc1ccc(N(CC(=O)O)C(=O)c2cnc(C)s2)cc1. The number of carbonyl (C=O) groups is 2. The molecule has 0 radical (unpaired) electrons. The first-order chi connectivity index (χ1) is 9.47. The van der Waals surface area contributed by atoms with Gasteiger partial charge >= 0.3 is 5.97 Å². The highest BCUT2D eigenvalue weighted by atomic mass is 32.1. The van der Waals surface area contributed by atoms with Gasteiger partial charge < -0.3 is 5.11 Å². The first-order valence-electron chi connectivity index (χ1n) is 6.00. The first-order valence-corrected chi connectivity index (χ1v) is 6.82. The van der Waals surface area contributed by atoms with Gasteiger partial charge in [0.25, 0.3) is 5.91 Å². The second-order valence-electron chi connectivity index (χ2n) is 4.36. The summed E-state index contributed by atoms with van der Waals surface area (Å²) in [5.41, 5.74) is 1.61. The van der Waals surface area contributed by atoms with Crippen LogP contribution in [0, 0.1) is 13.8 Å². The van der Waals surface area contributed by atoms with E-state index in [2.05, 4.69) is 4.98 Å². The Morgan fingerprint density at radius 2 is 1.90 bits per heavy atom. The minimum atomic E-state index is -1.06. The highest BCUT2D eigenvalue weighted by Gasteiger charge is 2.22. The van der Waals surface area contributed by atoms with Crippen molar-refractivity contribution >= 4 is 28.9 Å². The minimum Gasteiger partial charge on any atom is -0.480 e. The Kier molecular flexibility index (Phi) is 4.14. The zero-order chi connectivity index (χ0) is 14.7. The number of benzene rings is 1. The number of hydrogen-bond donors (Lipinski definition) is 1. The number of carbonyl (C=O) groups excluding carboxylic acids is 1. The van der Waals surface area contributed by atoms with Crippen molar-refractivity contribution < 1.29 is 14.7 Å². The maximum atomic E-state index is 12.4. The quantitative estimate of drug-likeness (QED) is 0.939. The summed E-state index contributed by atoms with van der Waals surface area (Å²) in [4.78, 5) is 29.1. The summed E-state index contributed by atoms with van der Waals surface area (Å²) < 4.78 is 0. The lowest BCUT2D eigenvalue weighted by Crippen LogP contribution is -2.35. The zero-order valence-corrected chi connectivity index (χ0v) is 12.0. The summed E-state index contributed by atoms with van der Waals surface area (Å²) in [5.74, 6) is -1.40. The van der Waals surface area contributed by atoms with Crippen LogP contribution in [-0.4, -0.2) is 28.5 Å². The molecule has 0 spiro atoms. The summed E-state index contributed by atoms with van der Waals surface area (Å²) in [6, 6.07) is 7.17. The van der Waals surface area contributed by atoms with Crippen molar-refractivity contribution in [1.82, 2.24) is 4.98 Å². The Morgan fingerprint density at radius 1 is 1.25 bits per heavy atom. The lowest BCUT2D eigenvalue weighted by molar-refractivity contribution is -0.135. The monoisotopic (exact) mass is 290 g/mol. The molecule has 0 unspecified atom stereocenters. The van der Waals surface area contributed by atoms with Crippen molar-refractivity contribution in [2.75, 3.05) is 11.4 Å². The summed E-state index contributed by atoms with van der Waals surface area (Å²) in [7, 11) is 0. The Bertz CT molecular complexity index is 634. The van der Waals surface area contributed by atoms with Gasteiger partial charge in [0, 0.05) is 5.69 Å². The van der Waals surface area contributed by atoms with E-state index in [0.29, 0.717) is 10.6 Å². The average molecular weight is 290 g/mol. The van der Waals surface area contributed by atoms with Crippen molar-refractivity contribution in [2.45, 2.75) is 13.8 Å².